The first-order chi connectivity index (χ1) is 11.2. The molecule has 2 N–H and O–H groups in total. The Balaban J connectivity index is 1.90. The molecule has 1 amide bonds. The minimum absolute atomic E-state index is 0.0794. The molecule has 2 heterocycles. The first kappa shape index (κ1) is 18.0. The number of hydrogen-bond donors (Lipinski definition) is 1. The zero-order valence-electron chi connectivity index (χ0n) is 13.4. The Kier molecular flexibility index (Phi) is 7.58. The lowest BCUT2D eigenvalue weighted by Crippen LogP contribution is -2.34. The Labute approximate surface area is 145 Å². The molecular weight excluding hydrogens is 328 g/mol. The van der Waals surface area contributed by atoms with Crippen LogP contribution in [0.25, 0.3) is 0 Å². The molecule has 2 aromatic heterocycles. The van der Waals surface area contributed by atoms with Crippen LogP contribution in [-0.4, -0.2) is 23.6 Å². The van der Waals surface area contributed by atoms with Crippen LogP contribution in [0.3, 0.4) is 0 Å². The topological polar surface area (TPSA) is 55.6 Å². The highest BCUT2D eigenvalue weighted by Gasteiger charge is 2.18. The Morgan fingerprint density at radius 3 is 2.30 bits per heavy atom. The summed E-state index contributed by atoms with van der Waals surface area (Å²) >= 11 is 3.29. The van der Waals surface area contributed by atoms with E-state index in [4.69, 9.17) is 10.5 Å². The van der Waals surface area contributed by atoms with Gasteiger partial charge in [-0.15, -0.1) is 22.7 Å². The van der Waals surface area contributed by atoms with Crippen molar-refractivity contribution in [1.29, 1.82) is 0 Å². The molecule has 4 nitrogen and oxygen atoms in total. The minimum Gasteiger partial charge on any atom is -0.448 e. The van der Waals surface area contributed by atoms with Crippen molar-refractivity contribution in [1.82, 2.24) is 4.90 Å². The van der Waals surface area contributed by atoms with E-state index in [1.54, 1.807) is 27.6 Å². The largest absolute Gasteiger partial charge is 0.448 e. The number of nitrogens with zero attached hydrogens (tertiary/aromatic N) is 1. The zero-order chi connectivity index (χ0) is 16.5. The molecule has 0 aliphatic carbocycles. The van der Waals surface area contributed by atoms with Gasteiger partial charge in [0.15, 0.2) is 0 Å². The van der Waals surface area contributed by atoms with Crippen LogP contribution in [0.5, 0.6) is 0 Å². The summed E-state index contributed by atoms with van der Waals surface area (Å²) in [5, 5.41) is 4.04. The summed E-state index contributed by atoms with van der Waals surface area (Å²) in [4.78, 5) is 16.5. The molecule has 2 rings (SSSR count). The second-order valence-electron chi connectivity index (χ2n) is 5.49. The molecule has 0 bridgehead atoms. The van der Waals surface area contributed by atoms with E-state index >= 15 is 0 Å². The zero-order valence-corrected chi connectivity index (χ0v) is 15.1. The number of ether oxygens (including phenoxy) is 1. The van der Waals surface area contributed by atoms with Gasteiger partial charge in [0.25, 0.3) is 0 Å². The van der Waals surface area contributed by atoms with E-state index in [1.165, 1.54) is 0 Å². The van der Waals surface area contributed by atoms with Gasteiger partial charge in [-0.1, -0.05) is 31.9 Å². The van der Waals surface area contributed by atoms with Crippen molar-refractivity contribution < 1.29 is 9.53 Å². The third-order valence-electron chi connectivity index (χ3n) is 3.46. The number of amides is 1. The average molecular weight is 353 g/mol. The summed E-state index contributed by atoms with van der Waals surface area (Å²) in [7, 11) is 0. The number of carbonyl (C=O) groups excluding carboxylic acids is 1. The molecule has 0 aliphatic rings. The highest BCUT2D eigenvalue weighted by Crippen LogP contribution is 2.18. The van der Waals surface area contributed by atoms with Gasteiger partial charge >= 0.3 is 6.09 Å². The summed E-state index contributed by atoms with van der Waals surface area (Å²) in [5.74, 6) is 0. The molecule has 0 fully saturated rings. The van der Waals surface area contributed by atoms with Crippen molar-refractivity contribution in [3.63, 3.8) is 0 Å². The first-order valence-electron chi connectivity index (χ1n) is 7.91. The smallest absolute Gasteiger partial charge is 0.410 e. The molecule has 0 saturated carbocycles. The Hall–Kier alpha value is -1.37. The Morgan fingerprint density at radius 1 is 1.22 bits per heavy atom. The van der Waals surface area contributed by atoms with Gasteiger partial charge in [0.05, 0.1) is 13.1 Å². The van der Waals surface area contributed by atoms with Gasteiger partial charge in [-0.05, 0) is 29.3 Å². The molecule has 1 atom stereocenters. The molecule has 0 radical (unpaired) electrons. The maximum absolute atomic E-state index is 12.4. The van der Waals surface area contributed by atoms with Crippen LogP contribution < -0.4 is 5.73 Å². The van der Waals surface area contributed by atoms with Gasteiger partial charge in [0.1, 0.15) is 6.61 Å². The predicted octanol–water partition coefficient (Wildman–Crippen LogP) is 4.47. The van der Waals surface area contributed by atoms with Crippen molar-refractivity contribution in [2.45, 2.75) is 45.3 Å². The highest BCUT2D eigenvalue weighted by molar-refractivity contribution is 7.10. The Bertz CT molecular complexity index is 519. The quantitative estimate of drug-likeness (QED) is 0.724. The van der Waals surface area contributed by atoms with Crippen molar-refractivity contribution in [2.24, 2.45) is 5.73 Å². The van der Waals surface area contributed by atoms with E-state index < -0.39 is 0 Å². The van der Waals surface area contributed by atoms with Crippen LogP contribution >= 0.6 is 22.7 Å². The van der Waals surface area contributed by atoms with Crippen LogP contribution in [-0.2, 0) is 17.8 Å². The van der Waals surface area contributed by atoms with Crippen LogP contribution in [0.15, 0.2) is 35.0 Å². The average Bonchev–Trinajstić information content (AvgIpc) is 3.23. The highest BCUT2D eigenvalue weighted by atomic mass is 32.1. The van der Waals surface area contributed by atoms with Crippen molar-refractivity contribution in [3.8, 4) is 0 Å². The fraction of sp³-hybridized carbons (Fsp3) is 0.471. The van der Waals surface area contributed by atoms with E-state index in [2.05, 4.69) is 6.92 Å². The Morgan fingerprint density at radius 2 is 1.83 bits per heavy atom. The van der Waals surface area contributed by atoms with Crippen LogP contribution in [0.1, 0.15) is 35.9 Å². The molecule has 0 unspecified atom stereocenters. The van der Waals surface area contributed by atoms with Crippen LogP contribution in [0, 0.1) is 0 Å². The molecule has 0 aromatic carbocycles. The van der Waals surface area contributed by atoms with Crippen molar-refractivity contribution in [3.05, 3.63) is 44.8 Å². The van der Waals surface area contributed by atoms with E-state index in [9.17, 15) is 4.79 Å². The lowest BCUT2D eigenvalue weighted by molar-refractivity contribution is 0.0914. The normalized spacial score (nSPS) is 12.1. The fourth-order valence-corrected chi connectivity index (χ4v) is 3.62. The maximum Gasteiger partial charge on any atom is 0.410 e. The van der Waals surface area contributed by atoms with Crippen molar-refractivity contribution in [2.75, 3.05) is 6.61 Å². The van der Waals surface area contributed by atoms with E-state index in [1.807, 2.05) is 35.0 Å². The monoisotopic (exact) mass is 352 g/mol. The minimum atomic E-state index is -0.293. The summed E-state index contributed by atoms with van der Waals surface area (Å²) in [6.45, 7) is 3.55. The number of nitrogens with two attached hydrogens (primary N) is 1. The second-order valence-corrected chi connectivity index (χ2v) is 7.56. The van der Waals surface area contributed by atoms with Gasteiger partial charge < -0.3 is 10.5 Å². The molecular formula is C17H24N2O2S2. The number of carbonyl (C=O) groups is 1. The van der Waals surface area contributed by atoms with Gasteiger partial charge in [-0.2, -0.15) is 0 Å². The second kappa shape index (κ2) is 9.70. The predicted molar refractivity (Wildman–Crippen MR) is 96.7 cm³/mol. The molecule has 126 valence electrons. The third-order valence-corrected chi connectivity index (χ3v) is 5.18. The summed E-state index contributed by atoms with van der Waals surface area (Å²) < 4.78 is 5.43. The van der Waals surface area contributed by atoms with Crippen LogP contribution in [0.2, 0.25) is 0 Å². The molecule has 23 heavy (non-hydrogen) atoms. The third kappa shape index (κ3) is 6.33. The lowest BCUT2D eigenvalue weighted by Gasteiger charge is -2.22. The first-order valence-corrected chi connectivity index (χ1v) is 9.67. The molecule has 6 heteroatoms. The van der Waals surface area contributed by atoms with Gasteiger partial charge in [0, 0.05) is 15.8 Å². The van der Waals surface area contributed by atoms with Gasteiger partial charge in [-0.3, -0.25) is 4.90 Å². The maximum atomic E-state index is 12.4. The SMILES string of the molecule is CCCC[C@H](N)COC(=O)N(Cc1cccs1)Cc1cccs1. The lowest BCUT2D eigenvalue weighted by atomic mass is 10.1. The standard InChI is InChI=1S/C17H24N2O2S2/c1-2-3-6-14(18)13-21-17(20)19(11-15-7-4-9-22-15)12-16-8-5-10-23-16/h4-5,7-10,14H,2-3,6,11-13,18H2,1H3/t14-/m0/s1. The van der Waals surface area contributed by atoms with E-state index in [0.717, 1.165) is 29.0 Å². The molecule has 0 aliphatic heterocycles. The van der Waals surface area contributed by atoms with Crippen molar-refractivity contribution >= 4 is 28.8 Å². The molecule has 0 spiro atoms. The molecule has 0 saturated heterocycles. The fourth-order valence-electron chi connectivity index (χ4n) is 2.19. The number of rotatable bonds is 9. The van der Waals surface area contributed by atoms with E-state index in [0.29, 0.717) is 13.1 Å². The summed E-state index contributed by atoms with van der Waals surface area (Å²) in [6, 6.07) is 7.98. The number of unbranched alkanes of at least 4 members (excludes halogenated alkanes) is 1. The summed E-state index contributed by atoms with van der Waals surface area (Å²) in [5.41, 5.74) is 5.99. The van der Waals surface area contributed by atoms with Gasteiger partial charge in [-0.25, -0.2) is 4.79 Å². The van der Waals surface area contributed by atoms with Crippen LogP contribution in [0.4, 0.5) is 4.79 Å². The van der Waals surface area contributed by atoms with E-state index in [-0.39, 0.29) is 18.7 Å². The summed E-state index contributed by atoms with van der Waals surface area (Å²) in [6.07, 6.45) is 2.76. The number of thiophene rings is 2. The molecule has 2 aromatic rings. The van der Waals surface area contributed by atoms with Gasteiger partial charge in [0.2, 0.25) is 0 Å². The number of hydrogen-bond acceptors (Lipinski definition) is 5.